The van der Waals surface area contributed by atoms with Crippen LogP contribution in [0.5, 0.6) is 0 Å². The van der Waals surface area contributed by atoms with Gasteiger partial charge in [0.15, 0.2) is 0 Å². The molecule has 0 aliphatic carbocycles. The molecule has 1 aromatic heterocycles. The van der Waals surface area contributed by atoms with Crippen molar-refractivity contribution in [2.75, 3.05) is 0 Å². The molecular formula is C14H12N2O5S2. The van der Waals surface area contributed by atoms with Crippen LogP contribution in [-0.4, -0.2) is 48.3 Å². The van der Waals surface area contributed by atoms with Gasteiger partial charge in [-0.05, 0) is 24.6 Å². The minimum Gasteiger partial charge on any atom is -0.481 e. The first-order valence-electron chi connectivity index (χ1n) is 6.53. The summed E-state index contributed by atoms with van der Waals surface area (Å²) in [4.78, 5) is 39.7. The number of rotatable bonds is 6. The second-order valence-corrected chi connectivity index (χ2v) is 6.27. The summed E-state index contributed by atoms with van der Waals surface area (Å²) in [5.41, 5.74) is 0.547. The molecule has 0 bridgehead atoms. The Morgan fingerprint density at radius 3 is 2.70 bits per heavy atom. The van der Waals surface area contributed by atoms with Gasteiger partial charge in [-0.25, -0.2) is 4.79 Å². The third-order valence-corrected chi connectivity index (χ3v) is 4.35. The van der Waals surface area contributed by atoms with E-state index in [-0.39, 0.29) is 22.1 Å². The van der Waals surface area contributed by atoms with E-state index in [0.717, 1.165) is 16.7 Å². The van der Waals surface area contributed by atoms with Gasteiger partial charge >= 0.3 is 11.9 Å². The van der Waals surface area contributed by atoms with Crippen LogP contribution in [0.3, 0.4) is 0 Å². The molecule has 0 spiro atoms. The topological polar surface area (TPSA) is 108 Å². The van der Waals surface area contributed by atoms with E-state index in [2.05, 4.69) is 4.98 Å². The number of carboxylic acids is 2. The Balaban J connectivity index is 2.24. The standard InChI is InChI=1S/C14H12N2O5S2/c17-11(18)5-4-9(13(20)21)16-12(19)10(23-14(16)22)7-8-3-1-2-6-15-8/h1-3,6-7,9H,4-5H2,(H,17,18)(H,20,21)/b10-7-. The Morgan fingerprint density at radius 2 is 2.13 bits per heavy atom. The number of carboxylic acid groups (broad SMARTS) is 2. The Hall–Kier alpha value is -2.26. The number of thioether (sulfide) groups is 1. The lowest BCUT2D eigenvalue weighted by molar-refractivity contribution is -0.146. The highest BCUT2D eigenvalue weighted by Crippen LogP contribution is 2.34. The molecule has 1 aromatic rings. The zero-order valence-electron chi connectivity index (χ0n) is 11.7. The zero-order chi connectivity index (χ0) is 17.0. The molecule has 7 nitrogen and oxygen atoms in total. The van der Waals surface area contributed by atoms with Crippen LogP contribution in [-0.2, 0) is 14.4 Å². The third-order valence-electron chi connectivity index (χ3n) is 3.02. The molecule has 1 fully saturated rings. The maximum atomic E-state index is 12.4. The number of carbonyl (C=O) groups excluding carboxylic acids is 1. The average molecular weight is 352 g/mol. The van der Waals surface area contributed by atoms with Crippen LogP contribution in [0, 0.1) is 0 Å². The van der Waals surface area contributed by atoms with Crippen LogP contribution in [0.15, 0.2) is 29.3 Å². The summed E-state index contributed by atoms with van der Waals surface area (Å²) >= 11 is 6.06. The van der Waals surface area contributed by atoms with Gasteiger partial charge in [0, 0.05) is 12.6 Å². The van der Waals surface area contributed by atoms with Crippen molar-refractivity contribution in [3.05, 3.63) is 35.0 Å². The van der Waals surface area contributed by atoms with Gasteiger partial charge in [-0.3, -0.25) is 19.5 Å². The second kappa shape index (κ2) is 7.34. The Morgan fingerprint density at radius 1 is 1.39 bits per heavy atom. The van der Waals surface area contributed by atoms with E-state index >= 15 is 0 Å². The van der Waals surface area contributed by atoms with E-state index in [9.17, 15) is 19.5 Å². The molecule has 1 saturated heterocycles. The summed E-state index contributed by atoms with van der Waals surface area (Å²) in [6.45, 7) is 0. The van der Waals surface area contributed by atoms with E-state index < -0.39 is 23.9 Å². The smallest absolute Gasteiger partial charge is 0.326 e. The maximum Gasteiger partial charge on any atom is 0.326 e. The van der Waals surface area contributed by atoms with Gasteiger partial charge in [0.2, 0.25) is 0 Å². The normalized spacial score (nSPS) is 17.6. The summed E-state index contributed by atoms with van der Waals surface area (Å²) in [7, 11) is 0. The van der Waals surface area contributed by atoms with E-state index in [1.165, 1.54) is 6.08 Å². The van der Waals surface area contributed by atoms with Crippen LogP contribution in [0.2, 0.25) is 0 Å². The number of aromatic nitrogens is 1. The first kappa shape index (κ1) is 17.1. The van der Waals surface area contributed by atoms with E-state index in [1.807, 2.05) is 0 Å². The largest absolute Gasteiger partial charge is 0.481 e. The minimum atomic E-state index is -1.30. The summed E-state index contributed by atoms with van der Waals surface area (Å²) in [6, 6.07) is 3.89. The number of aliphatic carboxylic acids is 2. The molecule has 2 heterocycles. The Bertz CT molecular complexity index is 690. The molecule has 0 saturated carbocycles. The van der Waals surface area contributed by atoms with Crippen LogP contribution in [0.1, 0.15) is 18.5 Å². The van der Waals surface area contributed by atoms with Crippen molar-refractivity contribution >= 4 is 52.2 Å². The van der Waals surface area contributed by atoms with Gasteiger partial charge in [0.05, 0.1) is 10.6 Å². The van der Waals surface area contributed by atoms with Crippen molar-refractivity contribution in [3.63, 3.8) is 0 Å². The quantitative estimate of drug-likeness (QED) is 0.587. The molecule has 0 radical (unpaired) electrons. The van der Waals surface area contributed by atoms with E-state index in [4.69, 9.17) is 17.3 Å². The lowest BCUT2D eigenvalue weighted by atomic mass is 10.1. The third kappa shape index (κ3) is 4.14. The van der Waals surface area contributed by atoms with Crippen LogP contribution >= 0.6 is 24.0 Å². The fourth-order valence-corrected chi connectivity index (χ4v) is 3.31. The monoisotopic (exact) mass is 352 g/mol. The Labute approximate surface area is 141 Å². The predicted molar refractivity (Wildman–Crippen MR) is 87.5 cm³/mol. The summed E-state index contributed by atoms with van der Waals surface area (Å²) in [5.74, 6) is -2.98. The van der Waals surface area contributed by atoms with Gasteiger partial charge in [-0.1, -0.05) is 30.0 Å². The van der Waals surface area contributed by atoms with Crippen LogP contribution < -0.4 is 0 Å². The van der Waals surface area contributed by atoms with Gasteiger partial charge in [0.1, 0.15) is 10.4 Å². The van der Waals surface area contributed by atoms with Crippen molar-refractivity contribution in [1.82, 2.24) is 9.88 Å². The molecule has 1 amide bonds. The molecule has 120 valence electrons. The number of pyridine rings is 1. The van der Waals surface area contributed by atoms with Gasteiger partial charge in [-0.15, -0.1) is 0 Å². The number of amides is 1. The fourth-order valence-electron chi connectivity index (χ4n) is 1.97. The molecule has 1 aliphatic rings. The molecule has 0 aromatic carbocycles. The molecule has 2 rings (SSSR count). The Kier molecular flexibility index (Phi) is 5.45. The molecule has 1 aliphatic heterocycles. The fraction of sp³-hybridized carbons (Fsp3) is 0.214. The highest BCUT2D eigenvalue weighted by atomic mass is 32.2. The van der Waals surface area contributed by atoms with Crippen LogP contribution in [0.4, 0.5) is 0 Å². The van der Waals surface area contributed by atoms with Gasteiger partial charge in [0.25, 0.3) is 5.91 Å². The van der Waals surface area contributed by atoms with Crippen molar-refractivity contribution in [2.45, 2.75) is 18.9 Å². The highest BCUT2D eigenvalue weighted by Gasteiger charge is 2.40. The van der Waals surface area contributed by atoms with Crippen molar-refractivity contribution in [3.8, 4) is 0 Å². The number of hydrogen-bond donors (Lipinski definition) is 2. The lowest BCUT2D eigenvalue weighted by Crippen LogP contribution is -2.44. The number of hydrogen-bond acceptors (Lipinski definition) is 6. The minimum absolute atomic E-state index is 0.0926. The molecule has 9 heteroatoms. The van der Waals surface area contributed by atoms with Crippen LogP contribution in [0.25, 0.3) is 6.08 Å². The molecule has 1 atom stereocenters. The molecular weight excluding hydrogens is 340 g/mol. The predicted octanol–water partition coefficient (Wildman–Crippen LogP) is 1.60. The zero-order valence-corrected chi connectivity index (χ0v) is 13.3. The van der Waals surface area contributed by atoms with Crippen molar-refractivity contribution in [1.29, 1.82) is 0 Å². The summed E-state index contributed by atoms with van der Waals surface area (Å²) < 4.78 is 0.0926. The maximum absolute atomic E-state index is 12.4. The molecule has 23 heavy (non-hydrogen) atoms. The van der Waals surface area contributed by atoms with E-state index in [0.29, 0.717) is 5.69 Å². The second-order valence-electron chi connectivity index (χ2n) is 4.59. The number of carbonyl (C=O) groups is 3. The van der Waals surface area contributed by atoms with E-state index in [1.54, 1.807) is 24.4 Å². The average Bonchev–Trinajstić information content (AvgIpc) is 2.75. The summed E-state index contributed by atoms with van der Waals surface area (Å²) in [6.07, 6.45) is 2.51. The van der Waals surface area contributed by atoms with Crippen molar-refractivity contribution < 1.29 is 24.6 Å². The molecule has 1 unspecified atom stereocenters. The highest BCUT2D eigenvalue weighted by molar-refractivity contribution is 8.26. The summed E-state index contributed by atoms with van der Waals surface area (Å²) in [5, 5.41) is 18.0. The molecule has 2 N–H and O–H groups in total. The number of nitrogens with zero attached hydrogens (tertiary/aromatic N) is 2. The SMILES string of the molecule is O=C(O)CCC(C(=O)O)N1C(=O)/C(=C/c2ccccn2)SC1=S. The first-order chi connectivity index (χ1) is 10.9. The number of thiocarbonyl (C=S) groups is 1. The first-order valence-corrected chi connectivity index (χ1v) is 7.75. The van der Waals surface area contributed by atoms with Crippen molar-refractivity contribution in [2.24, 2.45) is 0 Å². The lowest BCUT2D eigenvalue weighted by Gasteiger charge is -2.22. The van der Waals surface area contributed by atoms with Gasteiger partial charge in [-0.2, -0.15) is 0 Å². The van der Waals surface area contributed by atoms with Gasteiger partial charge < -0.3 is 10.2 Å².